The van der Waals surface area contributed by atoms with Crippen molar-refractivity contribution in [2.24, 2.45) is 0 Å². The molecule has 0 unspecified atom stereocenters. The number of rotatable bonds is 8. The van der Waals surface area contributed by atoms with Crippen LogP contribution in [-0.4, -0.2) is 54.8 Å². The fourth-order valence-corrected chi connectivity index (χ4v) is 2.34. The molecule has 0 aliphatic carbocycles. The molecule has 0 saturated carbocycles. The first-order valence-electron chi connectivity index (χ1n) is 7.09. The molecule has 2 N–H and O–H groups in total. The average Bonchev–Trinajstić information content (AvgIpc) is 2.77. The highest BCUT2D eigenvalue weighted by Gasteiger charge is 2.13. The molecule has 116 valence electrons. The maximum absolute atomic E-state index is 5.89. The van der Waals surface area contributed by atoms with Gasteiger partial charge in [-0.15, -0.1) is 0 Å². The first-order valence-corrected chi connectivity index (χ1v) is 7.09. The minimum Gasteiger partial charge on any atom is -0.398 e. The van der Waals surface area contributed by atoms with Gasteiger partial charge in [-0.1, -0.05) is 0 Å². The number of anilines is 1. The van der Waals surface area contributed by atoms with Gasteiger partial charge in [-0.3, -0.25) is 4.90 Å². The standard InChI is InChI=1S/C15H24N4O2/c1-12-14(11-18(6-8-20-2)7-9-21-3)19-10-13(16)4-5-15(19)17-12/h4-5,10H,6-9,11,16H2,1-3H3. The number of imidazole rings is 1. The number of aromatic nitrogens is 2. The van der Waals surface area contributed by atoms with Gasteiger partial charge < -0.3 is 19.6 Å². The van der Waals surface area contributed by atoms with Crippen LogP contribution in [0.2, 0.25) is 0 Å². The Labute approximate surface area is 125 Å². The van der Waals surface area contributed by atoms with Crippen LogP contribution in [0.15, 0.2) is 18.3 Å². The fraction of sp³-hybridized carbons (Fsp3) is 0.533. The van der Waals surface area contributed by atoms with Crippen LogP contribution >= 0.6 is 0 Å². The topological polar surface area (TPSA) is 65.0 Å². The number of pyridine rings is 1. The molecule has 0 atom stereocenters. The van der Waals surface area contributed by atoms with E-state index in [1.54, 1.807) is 14.2 Å². The Morgan fingerprint density at radius 3 is 2.48 bits per heavy atom. The summed E-state index contributed by atoms with van der Waals surface area (Å²) in [5.41, 5.74) is 9.74. The molecule has 2 aromatic heterocycles. The van der Waals surface area contributed by atoms with Gasteiger partial charge in [0, 0.05) is 45.7 Å². The molecule has 0 aromatic carbocycles. The number of fused-ring (bicyclic) bond motifs is 1. The van der Waals surface area contributed by atoms with Crippen molar-refractivity contribution in [3.8, 4) is 0 Å². The van der Waals surface area contributed by atoms with Crippen LogP contribution in [0.5, 0.6) is 0 Å². The molecule has 0 amide bonds. The molecule has 6 nitrogen and oxygen atoms in total. The van der Waals surface area contributed by atoms with Gasteiger partial charge in [0.1, 0.15) is 5.65 Å². The Hall–Kier alpha value is -1.63. The van der Waals surface area contributed by atoms with Gasteiger partial charge in [0.25, 0.3) is 0 Å². The second-order valence-electron chi connectivity index (χ2n) is 5.10. The summed E-state index contributed by atoms with van der Waals surface area (Å²) in [5.74, 6) is 0. The molecule has 0 fully saturated rings. The average molecular weight is 292 g/mol. The Morgan fingerprint density at radius 1 is 1.19 bits per heavy atom. The van der Waals surface area contributed by atoms with E-state index in [9.17, 15) is 0 Å². The van der Waals surface area contributed by atoms with E-state index in [1.165, 1.54) is 0 Å². The number of hydrogen-bond donors (Lipinski definition) is 1. The molecule has 2 heterocycles. The number of nitrogens with two attached hydrogens (primary N) is 1. The van der Waals surface area contributed by atoms with Gasteiger partial charge in [0.2, 0.25) is 0 Å². The van der Waals surface area contributed by atoms with Crippen LogP contribution in [0.1, 0.15) is 11.4 Å². The summed E-state index contributed by atoms with van der Waals surface area (Å²) in [6, 6.07) is 3.82. The quantitative estimate of drug-likeness (QED) is 0.795. The number of nitrogens with zero attached hydrogens (tertiary/aromatic N) is 3. The molecular weight excluding hydrogens is 268 g/mol. The number of nitrogen functional groups attached to an aromatic ring is 1. The largest absolute Gasteiger partial charge is 0.398 e. The van der Waals surface area contributed by atoms with E-state index < -0.39 is 0 Å². The maximum atomic E-state index is 5.89. The molecule has 2 rings (SSSR count). The molecular formula is C15H24N4O2. The summed E-state index contributed by atoms with van der Waals surface area (Å²) >= 11 is 0. The minimum atomic E-state index is 0.696. The van der Waals surface area contributed by atoms with Crippen molar-refractivity contribution in [3.63, 3.8) is 0 Å². The Morgan fingerprint density at radius 2 is 1.86 bits per heavy atom. The van der Waals surface area contributed by atoms with Crippen LogP contribution in [0.4, 0.5) is 5.69 Å². The first kappa shape index (κ1) is 15.8. The zero-order valence-electron chi connectivity index (χ0n) is 13.0. The van der Waals surface area contributed by atoms with Crippen LogP contribution in [0, 0.1) is 6.92 Å². The van der Waals surface area contributed by atoms with Gasteiger partial charge in [0.05, 0.1) is 24.6 Å². The molecule has 0 bridgehead atoms. The summed E-state index contributed by atoms with van der Waals surface area (Å²) in [6.07, 6.45) is 1.93. The van der Waals surface area contributed by atoms with E-state index >= 15 is 0 Å². The Balaban J connectivity index is 2.22. The van der Waals surface area contributed by atoms with E-state index in [0.29, 0.717) is 13.2 Å². The highest BCUT2D eigenvalue weighted by molar-refractivity contribution is 5.50. The lowest BCUT2D eigenvalue weighted by Crippen LogP contribution is -2.31. The second-order valence-corrected chi connectivity index (χ2v) is 5.10. The Kier molecular flexibility index (Phi) is 5.55. The third-order valence-electron chi connectivity index (χ3n) is 3.54. The van der Waals surface area contributed by atoms with Crippen molar-refractivity contribution in [3.05, 3.63) is 29.7 Å². The van der Waals surface area contributed by atoms with E-state index in [0.717, 1.165) is 42.4 Å². The summed E-state index contributed by atoms with van der Waals surface area (Å²) < 4.78 is 12.4. The predicted molar refractivity (Wildman–Crippen MR) is 83.4 cm³/mol. The van der Waals surface area contributed by atoms with Crippen molar-refractivity contribution < 1.29 is 9.47 Å². The van der Waals surface area contributed by atoms with Gasteiger partial charge in [-0.2, -0.15) is 0 Å². The first-order chi connectivity index (χ1) is 10.2. The van der Waals surface area contributed by atoms with E-state index in [2.05, 4.69) is 14.3 Å². The highest BCUT2D eigenvalue weighted by Crippen LogP contribution is 2.16. The summed E-state index contributed by atoms with van der Waals surface area (Å²) in [5, 5.41) is 0. The van der Waals surface area contributed by atoms with E-state index in [4.69, 9.17) is 15.2 Å². The van der Waals surface area contributed by atoms with Crippen LogP contribution in [-0.2, 0) is 16.0 Å². The minimum absolute atomic E-state index is 0.696. The lowest BCUT2D eigenvalue weighted by Gasteiger charge is -2.21. The molecule has 0 radical (unpaired) electrons. The highest BCUT2D eigenvalue weighted by atomic mass is 16.5. The van der Waals surface area contributed by atoms with Crippen molar-refractivity contribution >= 4 is 11.3 Å². The maximum Gasteiger partial charge on any atom is 0.137 e. The molecule has 0 aliphatic heterocycles. The lowest BCUT2D eigenvalue weighted by atomic mass is 10.3. The van der Waals surface area contributed by atoms with Crippen LogP contribution in [0.25, 0.3) is 5.65 Å². The zero-order valence-corrected chi connectivity index (χ0v) is 13.0. The zero-order chi connectivity index (χ0) is 15.2. The molecule has 0 saturated heterocycles. The second kappa shape index (κ2) is 7.40. The van der Waals surface area contributed by atoms with Crippen molar-refractivity contribution in [2.75, 3.05) is 46.3 Å². The number of methoxy groups -OCH3 is 2. The summed E-state index contributed by atoms with van der Waals surface area (Å²) in [4.78, 5) is 6.88. The molecule has 21 heavy (non-hydrogen) atoms. The summed E-state index contributed by atoms with van der Waals surface area (Å²) in [6.45, 7) is 5.93. The van der Waals surface area contributed by atoms with Crippen molar-refractivity contribution in [2.45, 2.75) is 13.5 Å². The van der Waals surface area contributed by atoms with Crippen molar-refractivity contribution in [1.82, 2.24) is 14.3 Å². The van der Waals surface area contributed by atoms with Crippen molar-refractivity contribution in [1.29, 1.82) is 0 Å². The normalized spacial score (nSPS) is 11.6. The summed E-state index contributed by atoms with van der Waals surface area (Å²) in [7, 11) is 3.43. The molecule has 0 aliphatic rings. The SMILES string of the molecule is COCCN(CCOC)Cc1c(C)nc2ccc(N)cn12. The van der Waals surface area contributed by atoms with E-state index in [1.807, 2.05) is 25.3 Å². The monoisotopic (exact) mass is 292 g/mol. The third kappa shape index (κ3) is 3.93. The van der Waals surface area contributed by atoms with Gasteiger partial charge in [-0.25, -0.2) is 4.98 Å². The molecule has 2 aromatic rings. The number of aryl methyl sites for hydroxylation is 1. The fourth-order valence-electron chi connectivity index (χ4n) is 2.34. The predicted octanol–water partition coefficient (Wildman–Crippen LogP) is 1.32. The van der Waals surface area contributed by atoms with Gasteiger partial charge >= 0.3 is 0 Å². The number of hydrogen-bond acceptors (Lipinski definition) is 5. The Bertz CT molecular complexity index is 574. The van der Waals surface area contributed by atoms with Crippen LogP contribution in [0.3, 0.4) is 0 Å². The lowest BCUT2D eigenvalue weighted by molar-refractivity contribution is 0.109. The number of ether oxygens (including phenoxy) is 2. The van der Waals surface area contributed by atoms with Crippen LogP contribution < -0.4 is 5.73 Å². The van der Waals surface area contributed by atoms with E-state index in [-0.39, 0.29) is 0 Å². The van der Waals surface area contributed by atoms with Gasteiger partial charge in [-0.05, 0) is 19.1 Å². The third-order valence-corrected chi connectivity index (χ3v) is 3.54. The van der Waals surface area contributed by atoms with Gasteiger partial charge in [0.15, 0.2) is 0 Å². The molecule has 0 spiro atoms. The molecule has 6 heteroatoms. The smallest absolute Gasteiger partial charge is 0.137 e.